The summed E-state index contributed by atoms with van der Waals surface area (Å²) in [6.07, 6.45) is 13.7. The zero-order valence-electron chi connectivity index (χ0n) is 13.1. The van der Waals surface area contributed by atoms with E-state index in [2.05, 4.69) is 9.13 Å². The van der Waals surface area contributed by atoms with Crippen LogP contribution in [0.2, 0.25) is 0 Å². The van der Waals surface area contributed by atoms with Crippen LogP contribution >= 0.6 is 0 Å². The van der Waals surface area contributed by atoms with Crippen molar-refractivity contribution in [1.29, 1.82) is 0 Å². The van der Waals surface area contributed by atoms with Crippen molar-refractivity contribution in [3.8, 4) is 0 Å². The highest BCUT2D eigenvalue weighted by atomic mass is 28.4. The average molecular weight is 299 g/mol. The summed E-state index contributed by atoms with van der Waals surface area (Å²) in [5.74, 6) is 0. The zero-order chi connectivity index (χ0) is 14.0. The SMILES string of the molecule is CO[Si]1(OC)N(C2CCCCC2)CN1C1CCCCC1. The smallest absolute Gasteiger partial charge is 0.374 e. The van der Waals surface area contributed by atoms with Gasteiger partial charge in [0.1, 0.15) is 0 Å². The van der Waals surface area contributed by atoms with Crippen LogP contribution in [0.4, 0.5) is 0 Å². The molecule has 0 bridgehead atoms. The predicted molar refractivity (Wildman–Crippen MR) is 82.1 cm³/mol. The molecule has 0 amide bonds. The summed E-state index contributed by atoms with van der Waals surface area (Å²) in [4.78, 5) is 0. The molecule has 3 aliphatic rings. The highest BCUT2D eigenvalue weighted by Gasteiger charge is 2.63. The Bertz CT molecular complexity index is 287. The molecule has 1 heterocycles. The summed E-state index contributed by atoms with van der Waals surface area (Å²) in [5.41, 5.74) is 0. The van der Waals surface area contributed by atoms with E-state index < -0.39 is 8.88 Å². The Labute approximate surface area is 124 Å². The molecule has 0 aromatic carbocycles. The largest absolute Gasteiger partial charge is 0.524 e. The van der Waals surface area contributed by atoms with Crippen LogP contribution in [0.15, 0.2) is 0 Å². The van der Waals surface area contributed by atoms with Crippen molar-refractivity contribution in [2.75, 3.05) is 20.9 Å². The Hall–Kier alpha value is 0.0569. The van der Waals surface area contributed by atoms with Crippen LogP contribution in [0.3, 0.4) is 0 Å². The van der Waals surface area contributed by atoms with E-state index in [1.807, 2.05) is 14.2 Å². The predicted octanol–water partition coefficient (Wildman–Crippen LogP) is 2.96. The summed E-state index contributed by atoms with van der Waals surface area (Å²) < 4.78 is 17.2. The first-order valence-corrected chi connectivity index (χ1v) is 10.2. The lowest BCUT2D eigenvalue weighted by Gasteiger charge is -2.60. The first kappa shape index (κ1) is 15.0. The molecule has 3 rings (SSSR count). The topological polar surface area (TPSA) is 24.9 Å². The van der Waals surface area contributed by atoms with Gasteiger partial charge in [0.2, 0.25) is 0 Å². The monoisotopic (exact) mass is 298 g/mol. The molecule has 4 nitrogen and oxygen atoms in total. The summed E-state index contributed by atoms with van der Waals surface area (Å²) in [6, 6.07) is 1.41. The molecule has 0 aromatic heterocycles. The summed E-state index contributed by atoms with van der Waals surface area (Å²) >= 11 is 0. The molecule has 20 heavy (non-hydrogen) atoms. The summed E-state index contributed by atoms with van der Waals surface area (Å²) in [5, 5.41) is 0. The minimum absolute atomic E-state index is 0.704. The second-order valence-corrected chi connectivity index (χ2v) is 9.68. The number of rotatable bonds is 4. The van der Waals surface area contributed by atoms with E-state index in [9.17, 15) is 0 Å². The van der Waals surface area contributed by atoms with Gasteiger partial charge in [0, 0.05) is 33.0 Å². The van der Waals surface area contributed by atoms with Gasteiger partial charge in [-0.2, -0.15) is 0 Å². The first-order chi connectivity index (χ1) is 9.81. The molecule has 1 aliphatic heterocycles. The van der Waals surface area contributed by atoms with Crippen molar-refractivity contribution in [2.24, 2.45) is 0 Å². The molecule has 0 unspecified atom stereocenters. The maximum atomic E-state index is 6.02. The molecule has 2 saturated carbocycles. The minimum atomic E-state index is -2.26. The molecular formula is C15H30N2O2Si. The van der Waals surface area contributed by atoms with Crippen molar-refractivity contribution in [2.45, 2.75) is 76.3 Å². The molecule has 1 saturated heterocycles. The maximum absolute atomic E-state index is 6.02. The third-order valence-corrected chi connectivity index (χ3v) is 9.12. The minimum Gasteiger partial charge on any atom is -0.374 e. The molecule has 0 radical (unpaired) electrons. The van der Waals surface area contributed by atoms with Gasteiger partial charge >= 0.3 is 8.88 Å². The summed E-state index contributed by atoms with van der Waals surface area (Å²) in [7, 11) is 1.47. The zero-order valence-corrected chi connectivity index (χ0v) is 14.1. The van der Waals surface area contributed by atoms with E-state index >= 15 is 0 Å². The van der Waals surface area contributed by atoms with Crippen LogP contribution in [0.25, 0.3) is 0 Å². The molecule has 116 valence electrons. The highest BCUT2D eigenvalue weighted by molar-refractivity contribution is 6.64. The fraction of sp³-hybridized carbons (Fsp3) is 1.00. The Kier molecular flexibility index (Phi) is 4.82. The van der Waals surface area contributed by atoms with Crippen LogP contribution < -0.4 is 0 Å². The van der Waals surface area contributed by atoms with Gasteiger partial charge in [0.25, 0.3) is 0 Å². The standard InChI is InChI=1S/C15H30N2O2Si/c1-18-20(19-2)16(14-9-5-3-6-10-14)13-17(20)15-11-7-4-8-12-15/h14-15H,3-13H2,1-2H3. The van der Waals surface area contributed by atoms with Crippen LogP contribution in [-0.2, 0) is 8.85 Å². The molecule has 0 N–H and O–H groups in total. The lowest BCUT2D eigenvalue weighted by atomic mass is 9.95. The number of nitrogens with zero attached hydrogens (tertiary/aromatic N) is 2. The first-order valence-electron chi connectivity index (χ1n) is 8.45. The third kappa shape index (κ3) is 2.48. The van der Waals surface area contributed by atoms with Gasteiger partial charge in [-0.15, -0.1) is 0 Å². The van der Waals surface area contributed by atoms with Crippen molar-refractivity contribution in [3.05, 3.63) is 0 Å². The number of hydrogen-bond acceptors (Lipinski definition) is 4. The second-order valence-electron chi connectivity index (χ2n) is 6.62. The van der Waals surface area contributed by atoms with Gasteiger partial charge in [-0.25, -0.2) is 0 Å². The van der Waals surface area contributed by atoms with Crippen LogP contribution in [0, 0.1) is 0 Å². The Morgan fingerprint density at radius 3 is 1.45 bits per heavy atom. The molecular weight excluding hydrogens is 268 g/mol. The Balaban J connectivity index is 1.70. The lowest BCUT2D eigenvalue weighted by Crippen LogP contribution is -2.84. The van der Waals surface area contributed by atoms with Gasteiger partial charge in [-0.3, -0.25) is 9.13 Å². The average Bonchev–Trinajstić information content (AvgIpc) is 2.50. The van der Waals surface area contributed by atoms with Crippen molar-refractivity contribution >= 4 is 8.88 Å². The fourth-order valence-electron chi connectivity index (χ4n) is 4.46. The van der Waals surface area contributed by atoms with Crippen LogP contribution in [0.1, 0.15) is 64.2 Å². The van der Waals surface area contributed by atoms with E-state index in [-0.39, 0.29) is 0 Å². The Morgan fingerprint density at radius 1 is 0.700 bits per heavy atom. The van der Waals surface area contributed by atoms with Crippen molar-refractivity contribution in [3.63, 3.8) is 0 Å². The number of hydrogen-bond donors (Lipinski definition) is 0. The summed E-state index contributed by atoms with van der Waals surface area (Å²) in [6.45, 7) is 1.09. The normalized spacial score (nSPS) is 30.3. The van der Waals surface area contributed by atoms with E-state index in [0.717, 1.165) is 6.67 Å². The molecule has 5 heteroatoms. The van der Waals surface area contributed by atoms with E-state index in [0.29, 0.717) is 12.1 Å². The van der Waals surface area contributed by atoms with E-state index in [4.69, 9.17) is 8.85 Å². The van der Waals surface area contributed by atoms with Gasteiger partial charge in [0.15, 0.2) is 0 Å². The maximum Gasteiger partial charge on any atom is 0.524 e. The van der Waals surface area contributed by atoms with Gasteiger partial charge in [0.05, 0.1) is 0 Å². The lowest BCUT2D eigenvalue weighted by molar-refractivity contribution is -0.0508. The van der Waals surface area contributed by atoms with Crippen molar-refractivity contribution < 1.29 is 8.85 Å². The quantitative estimate of drug-likeness (QED) is 0.745. The molecule has 0 atom stereocenters. The second kappa shape index (κ2) is 6.44. The van der Waals surface area contributed by atoms with Crippen LogP contribution in [0.5, 0.6) is 0 Å². The van der Waals surface area contributed by atoms with Crippen LogP contribution in [-0.4, -0.2) is 51.0 Å². The molecule has 0 spiro atoms. The van der Waals surface area contributed by atoms with E-state index in [1.54, 1.807) is 0 Å². The van der Waals surface area contributed by atoms with Gasteiger partial charge in [-0.05, 0) is 25.7 Å². The molecule has 2 aliphatic carbocycles. The fourth-order valence-corrected chi connectivity index (χ4v) is 7.77. The highest BCUT2D eigenvalue weighted by Crippen LogP contribution is 2.39. The third-order valence-electron chi connectivity index (χ3n) is 5.59. The van der Waals surface area contributed by atoms with Gasteiger partial charge in [-0.1, -0.05) is 38.5 Å². The van der Waals surface area contributed by atoms with Gasteiger partial charge < -0.3 is 8.85 Å². The van der Waals surface area contributed by atoms with Crippen molar-refractivity contribution in [1.82, 2.24) is 9.13 Å². The Morgan fingerprint density at radius 2 is 1.10 bits per heavy atom. The van der Waals surface area contributed by atoms with E-state index in [1.165, 1.54) is 64.2 Å². The molecule has 0 aromatic rings. The molecule has 3 fully saturated rings.